The molecule has 2 atom stereocenters. The predicted molar refractivity (Wildman–Crippen MR) is 104 cm³/mol. The van der Waals surface area contributed by atoms with E-state index in [1.54, 1.807) is 12.1 Å². The zero-order chi connectivity index (χ0) is 16.7. The van der Waals surface area contributed by atoms with E-state index in [4.69, 9.17) is 27.9 Å². The minimum atomic E-state index is -0.247. The zero-order valence-electron chi connectivity index (χ0n) is 14.2. The second kappa shape index (κ2) is 11.4. The number of halogens is 3. The van der Waals surface area contributed by atoms with Gasteiger partial charge in [-0.05, 0) is 50.4 Å². The lowest BCUT2D eigenvalue weighted by Crippen LogP contribution is -2.44. The average molecular weight is 397 g/mol. The molecule has 1 aliphatic heterocycles. The number of aliphatic hydroxyl groups excluding tert-OH is 1. The van der Waals surface area contributed by atoms with Crippen LogP contribution in [0.15, 0.2) is 18.2 Å². The number of nitrogens with zero attached hydrogens (tertiary/aromatic N) is 1. The van der Waals surface area contributed by atoms with Crippen molar-refractivity contribution in [3.63, 3.8) is 0 Å². The largest absolute Gasteiger partial charge is 0.494 e. The van der Waals surface area contributed by atoms with E-state index >= 15 is 0 Å². The van der Waals surface area contributed by atoms with E-state index in [2.05, 4.69) is 11.8 Å². The quantitative estimate of drug-likeness (QED) is 0.624. The van der Waals surface area contributed by atoms with Gasteiger partial charge in [0.2, 0.25) is 0 Å². The second-order valence-corrected chi connectivity index (χ2v) is 7.15. The van der Waals surface area contributed by atoms with Crippen molar-refractivity contribution in [2.45, 2.75) is 45.1 Å². The van der Waals surface area contributed by atoms with Gasteiger partial charge in [0, 0.05) is 12.6 Å². The molecule has 0 radical (unpaired) electrons. The maximum Gasteiger partial charge on any atom is 0.120 e. The fraction of sp³-hybridized carbons (Fsp3) is 0.667. The lowest BCUT2D eigenvalue weighted by Gasteiger charge is -2.36. The van der Waals surface area contributed by atoms with Crippen molar-refractivity contribution in [3.05, 3.63) is 28.2 Å². The Balaban J connectivity index is 0.00000288. The van der Waals surface area contributed by atoms with Crippen LogP contribution in [0.1, 0.15) is 39.0 Å². The van der Waals surface area contributed by atoms with E-state index < -0.39 is 0 Å². The lowest BCUT2D eigenvalue weighted by atomic mass is 9.91. The summed E-state index contributed by atoms with van der Waals surface area (Å²) in [5.74, 6) is 1.05. The van der Waals surface area contributed by atoms with Gasteiger partial charge in [-0.2, -0.15) is 0 Å². The molecular weight excluding hydrogens is 369 g/mol. The first kappa shape index (κ1) is 21.9. The van der Waals surface area contributed by atoms with Crippen LogP contribution < -0.4 is 4.74 Å². The van der Waals surface area contributed by atoms with Crippen LogP contribution in [-0.2, 0) is 0 Å². The van der Waals surface area contributed by atoms with Crippen molar-refractivity contribution in [3.8, 4) is 5.75 Å². The second-order valence-electron chi connectivity index (χ2n) is 6.34. The Bertz CT molecular complexity index is 487. The third-order valence-electron chi connectivity index (χ3n) is 4.53. The first-order chi connectivity index (χ1) is 11.1. The van der Waals surface area contributed by atoms with Gasteiger partial charge in [0.25, 0.3) is 0 Å². The van der Waals surface area contributed by atoms with Crippen LogP contribution in [0.5, 0.6) is 5.75 Å². The highest BCUT2D eigenvalue weighted by Crippen LogP contribution is 2.27. The Morgan fingerprint density at radius 1 is 1.25 bits per heavy atom. The molecule has 1 N–H and O–H groups in total. The molecule has 2 rings (SSSR count). The molecule has 24 heavy (non-hydrogen) atoms. The fourth-order valence-electron chi connectivity index (χ4n) is 3.07. The molecule has 0 aromatic heterocycles. The summed E-state index contributed by atoms with van der Waals surface area (Å²) < 4.78 is 5.73. The molecule has 1 aromatic rings. The van der Waals surface area contributed by atoms with Gasteiger partial charge < -0.3 is 14.7 Å². The van der Waals surface area contributed by atoms with Crippen LogP contribution in [0.25, 0.3) is 0 Å². The SMILES string of the molecule is CCCCCN1CC[C@H](CCOc2ccc(Cl)c(Cl)c2)[C@@H](O)C1.Cl. The Morgan fingerprint density at radius 3 is 2.71 bits per heavy atom. The smallest absolute Gasteiger partial charge is 0.120 e. The molecule has 1 aliphatic rings. The van der Waals surface area contributed by atoms with Gasteiger partial charge >= 0.3 is 0 Å². The number of rotatable bonds is 8. The van der Waals surface area contributed by atoms with E-state index in [1.807, 2.05) is 6.07 Å². The van der Waals surface area contributed by atoms with Gasteiger partial charge in [-0.3, -0.25) is 0 Å². The highest BCUT2D eigenvalue weighted by molar-refractivity contribution is 6.42. The molecule has 0 aliphatic carbocycles. The molecule has 3 nitrogen and oxygen atoms in total. The number of ether oxygens (including phenoxy) is 1. The monoisotopic (exact) mass is 395 g/mol. The molecule has 0 bridgehead atoms. The number of likely N-dealkylation sites (tertiary alicyclic amines) is 1. The number of aliphatic hydroxyl groups is 1. The molecule has 0 spiro atoms. The Labute approximate surface area is 161 Å². The first-order valence-electron chi connectivity index (χ1n) is 8.58. The van der Waals surface area contributed by atoms with Crippen molar-refractivity contribution < 1.29 is 9.84 Å². The van der Waals surface area contributed by atoms with Crippen LogP contribution in [0.4, 0.5) is 0 Å². The summed E-state index contributed by atoms with van der Waals surface area (Å²) in [5, 5.41) is 11.4. The highest BCUT2D eigenvalue weighted by atomic mass is 35.5. The number of hydrogen-bond donors (Lipinski definition) is 1. The average Bonchev–Trinajstić information content (AvgIpc) is 2.53. The standard InChI is InChI=1S/C18H27Cl2NO2.ClH/c1-2-3-4-9-21-10-7-14(18(22)13-21)8-11-23-15-5-6-16(19)17(20)12-15;/h5-6,12,14,18,22H,2-4,7-11,13H2,1H3;1H/t14-,18+;/m1./s1. The fourth-order valence-corrected chi connectivity index (χ4v) is 3.35. The maximum atomic E-state index is 10.3. The van der Waals surface area contributed by atoms with Crippen LogP contribution in [0.2, 0.25) is 10.0 Å². The summed E-state index contributed by atoms with van der Waals surface area (Å²) in [6.45, 7) is 5.79. The predicted octanol–water partition coefficient (Wildman–Crippen LogP) is 5.06. The minimum Gasteiger partial charge on any atom is -0.494 e. The number of piperidine rings is 1. The van der Waals surface area contributed by atoms with Crippen molar-refractivity contribution in [1.82, 2.24) is 4.90 Å². The van der Waals surface area contributed by atoms with Crippen molar-refractivity contribution in [2.75, 3.05) is 26.2 Å². The minimum absolute atomic E-state index is 0. The summed E-state index contributed by atoms with van der Waals surface area (Å²) in [6, 6.07) is 5.29. The van der Waals surface area contributed by atoms with Gasteiger partial charge in [-0.1, -0.05) is 43.0 Å². The molecule has 6 heteroatoms. The normalized spacial score (nSPS) is 21.3. The molecule has 0 saturated carbocycles. The third kappa shape index (κ3) is 6.97. The number of unbranched alkanes of at least 4 members (excludes halogenated alkanes) is 2. The number of β-amino-alcohol motifs (C(OH)–C–C–N with tert-alkyl or cyclic N) is 1. The lowest BCUT2D eigenvalue weighted by molar-refractivity contribution is 0.0129. The van der Waals surface area contributed by atoms with E-state index in [9.17, 15) is 5.11 Å². The molecular formula is C18H28Cl3NO2. The number of hydrogen-bond acceptors (Lipinski definition) is 3. The first-order valence-corrected chi connectivity index (χ1v) is 9.34. The summed E-state index contributed by atoms with van der Waals surface area (Å²) in [6.07, 6.45) is 5.40. The molecule has 1 heterocycles. The Kier molecular flexibility index (Phi) is 10.4. The maximum absolute atomic E-state index is 10.3. The Morgan fingerprint density at radius 2 is 2.04 bits per heavy atom. The summed E-state index contributed by atoms with van der Waals surface area (Å²) in [7, 11) is 0. The summed E-state index contributed by atoms with van der Waals surface area (Å²) >= 11 is 11.9. The van der Waals surface area contributed by atoms with Crippen LogP contribution >= 0.6 is 35.6 Å². The van der Waals surface area contributed by atoms with Crippen LogP contribution in [-0.4, -0.2) is 42.4 Å². The van der Waals surface area contributed by atoms with Gasteiger partial charge in [-0.25, -0.2) is 0 Å². The van der Waals surface area contributed by atoms with Crippen LogP contribution in [0, 0.1) is 5.92 Å². The summed E-state index contributed by atoms with van der Waals surface area (Å²) in [5.41, 5.74) is 0. The molecule has 1 fully saturated rings. The van der Waals surface area contributed by atoms with Crippen LogP contribution in [0.3, 0.4) is 0 Å². The molecule has 0 amide bonds. The van der Waals surface area contributed by atoms with Gasteiger partial charge in [-0.15, -0.1) is 12.4 Å². The van der Waals surface area contributed by atoms with Crippen molar-refractivity contribution >= 4 is 35.6 Å². The topological polar surface area (TPSA) is 32.7 Å². The molecule has 138 valence electrons. The highest BCUT2D eigenvalue weighted by Gasteiger charge is 2.27. The summed E-state index contributed by atoms with van der Waals surface area (Å²) in [4.78, 5) is 2.39. The Hall–Kier alpha value is -0.190. The molecule has 1 aromatic carbocycles. The third-order valence-corrected chi connectivity index (χ3v) is 5.27. The molecule has 0 unspecified atom stereocenters. The van der Waals surface area contributed by atoms with E-state index in [0.29, 0.717) is 22.6 Å². The zero-order valence-corrected chi connectivity index (χ0v) is 16.5. The van der Waals surface area contributed by atoms with E-state index in [0.717, 1.165) is 38.2 Å². The van der Waals surface area contributed by atoms with Gasteiger partial charge in [0.15, 0.2) is 0 Å². The van der Waals surface area contributed by atoms with Gasteiger partial charge in [0.1, 0.15) is 5.75 Å². The van der Waals surface area contributed by atoms with E-state index in [1.165, 1.54) is 19.3 Å². The number of benzene rings is 1. The molecule has 1 saturated heterocycles. The van der Waals surface area contributed by atoms with E-state index in [-0.39, 0.29) is 18.5 Å². The van der Waals surface area contributed by atoms with Gasteiger partial charge in [0.05, 0.1) is 22.8 Å². The van der Waals surface area contributed by atoms with Crippen molar-refractivity contribution in [1.29, 1.82) is 0 Å². The van der Waals surface area contributed by atoms with Crippen molar-refractivity contribution in [2.24, 2.45) is 5.92 Å².